The molecule has 1 atom stereocenters. The van der Waals surface area contributed by atoms with Crippen molar-refractivity contribution < 1.29 is 32.2 Å². The molecule has 0 radical (unpaired) electrons. The highest BCUT2D eigenvalue weighted by atomic mass is 32.2. The quantitative estimate of drug-likeness (QED) is 0.224. The summed E-state index contributed by atoms with van der Waals surface area (Å²) in [4.78, 5) is 11.7. The maximum Gasteiger partial charge on any atom is 0.306 e. The Morgan fingerprint density at radius 3 is 2.52 bits per heavy atom. The number of ether oxygens (including phenoxy) is 4. The zero-order valence-electron chi connectivity index (χ0n) is 23.5. The molecule has 1 aliphatic carbocycles. The van der Waals surface area contributed by atoms with Gasteiger partial charge in [-0.05, 0) is 90.3 Å². The molecule has 1 heterocycles. The number of fused-ring (bicyclic) bond motifs is 2. The van der Waals surface area contributed by atoms with Crippen LogP contribution in [-0.4, -0.2) is 46.7 Å². The van der Waals surface area contributed by atoms with Crippen molar-refractivity contribution in [1.29, 1.82) is 0 Å². The van der Waals surface area contributed by atoms with E-state index in [0.29, 0.717) is 32.7 Å². The highest BCUT2D eigenvalue weighted by Crippen LogP contribution is 2.43. The number of rotatable bonds is 11. The minimum absolute atomic E-state index is 0.000543. The maximum absolute atomic E-state index is 11.7. The molecule has 1 aliphatic heterocycles. The summed E-state index contributed by atoms with van der Waals surface area (Å²) in [6.07, 6.45) is 4.00. The third-order valence-electron chi connectivity index (χ3n) is 7.79. The van der Waals surface area contributed by atoms with Crippen molar-refractivity contribution in [3.05, 3.63) is 75.8 Å². The Hall–Kier alpha value is -3.52. The summed E-state index contributed by atoms with van der Waals surface area (Å²) in [7, 11) is -1.59. The van der Waals surface area contributed by atoms with Crippen LogP contribution in [0.5, 0.6) is 17.2 Å². The first-order chi connectivity index (χ1) is 19.1. The van der Waals surface area contributed by atoms with Gasteiger partial charge in [-0.2, -0.15) is 0 Å². The Bertz CT molecular complexity index is 1540. The van der Waals surface area contributed by atoms with Crippen molar-refractivity contribution in [3.63, 3.8) is 0 Å². The summed E-state index contributed by atoms with van der Waals surface area (Å²) >= 11 is 0. The van der Waals surface area contributed by atoms with Crippen LogP contribution in [0, 0.1) is 13.8 Å². The molecular formula is C32H36O7S. The second-order valence-corrected chi connectivity index (χ2v) is 13.0. The number of carbonyl (C=O) groups excluding carboxylic acids is 1. The summed E-state index contributed by atoms with van der Waals surface area (Å²) in [5, 5.41) is 0. The molecule has 3 aromatic carbocycles. The molecule has 212 valence electrons. The summed E-state index contributed by atoms with van der Waals surface area (Å²) in [5.41, 5.74) is 9.35. The normalized spacial score (nSPS) is 15.4. The minimum atomic E-state index is -2.99. The lowest BCUT2D eigenvalue weighted by molar-refractivity contribution is -0.141. The van der Waals surface area contributed by atoms with Gasteiger partial charge in [-0.3, -0.25) is 4.79 Å². The van der Waals surface area contributed by atoms with Gasteiger partial charge in [0.25, 0.3) is 0 Å². The summed E-state index contributed by atoms with van der Waals surface area (Å²) in [5.74, 6) is 2.24. The largest absolute Gasteiger partial charge is 0.493 e. The van der Waals surface area contributed by atoms with Crippen LogP contribution in [0.15, 0.2) is 42.5 Å². The topological polar surface area (TPSA) is 88.1 Å². The maximum atomic E-state index is 11.7. The van der Waals surface area contributed by atoms with Crippen LogP contribution in [0.2, 0.25) is 0 Å². The Labute approximate surface area is 236 Å². The van der Waals surface area contributed by atoms with Crippen LogP contribution in [0.3, 0.4) is 0 Å². The van der Waals surface area contributed by atoms with Crippen molar-refractivity contribution in [3.8, 4) is 28.4 Å². The fourth-order valence-corrected chi connectivity index (χ4v) is 6.14. The van der Waals surface area contributed by atoms with Gasteiger partial charge in [0, 0.05) is 23.8 Å². The molecule has 2 aliphatic rings. The second-order valence-electron chi connectivity index (χ2n) is 10.8. The molecule has 0 fully saturated rings. The lowest BCUT2D eigenvalue weighted by atomic mass is 9.79. The zero-order chi connectivity index (χ0) is 28.4. The zero-order valence-corrected chi connectivity index (χ0v) is 24.4. The van der Waals surface area contributed by atoms with E-state index in [0.717, 1.165) is 57.9 Å². The van der Waals surface area contributed by atoms with E-state index in [9.17, 15) is 13.2 Å². The number of carbonyl (C=O) groups is 1. The molecule has 0 aromatic heterocycles. The van der Waals surface area contributed by atoms with Crippen LogP contribution in [0.25, 0.3) is 11.1 Å². The van der Waals surface area contributed by atoms with Crippen molar-refractivity contribution >= 4 is 15.8 Å². The van der Waals surface area contributed by atoms with Crippen LogP contribution < -0.4 is 14.2 Å². The van der Waals surface area contributed by atoms with E-state index in [2.05, 4.69) is 38.1 Å². The molecular weight excluding hydrogens is 528 g/mol. The summed E-state index contributed by atoms with van der Waals surface area (Å²) in [6, 6.07) is 14.4. The fourth-order valence-electron chi connectivity index (χ4n) is 5.49. The predicted molar refractivity (Wildman–Crippen MR) is 154 cm³/mol. The van der Waals surface area contributed by atoms with Gasteiger partial charge in [0.1, 0.15) is 33.7 Å². The summed E-state index contributed by atoms with van der Waals surface area (Å²) in [6.45, 7) is 5.47. The van der Waals surface area contributed by atoms with E-state index >= 15 is 0 Å². The third kappa shape index (κ3) is 6.12. The lowest BCUT2D eigenvalue weighted by Crippen LogP contribution is -2.15. The first-order valence-electron chi connectivity index (χ1n) is 13.6. The predicted octanol–water partition coefficient (Wildman–Crippen LogP) is 5.50. The molecule has 8 heteroatoms. The van der Waals surface area contributed by atoms with Crippen LogP contribution in [0.1, 0.15) is 52.1 Å². The number of esters is 1. The van der Waals surface area contributed by atoms with E-state index in [1.807, 2.05) is 18.2 Å². The Morgan fingerprint density at radius 2 is 1.80 bits per heavy atom. The number of sulfone groups is 1. The van der Waals surface area contributed by atoms with E-state index in [-0.39, 0.29) is 17.6 Å². The molecule has 40 heavy (non-hydrogen) atoms. The van der Waals surface area contributed by atoms with Gasteiger partial charge in [0.05, 0.1) is 32.5 Å². The van der Waals surface area contributed by atoms with E-state index in [4.69, 9.17) is 18.9 Å². The number of methoxy groups -OCH3 is 1. The number of aryl methyl sites for hydroxylation is 2. The molecule has 5 rings (SSSR count). The smallest absolute Gasteiger partial charge is 0.306 e. The van der Waals surface area contributed by atoms with Gasteiger partial charge >= 0.3 is 5.97 Å². The Balaban J connectivity index is 1.29. The summed E-state index contributed by atoms with van der Waals surface area (Å²) < 4.78 is 45.7. The number of hydrogen-bond acceptors (Lipinski definition) is 7. The highest BCUT2D eigenvalue weighted by Gasteiger charge is 2.28. The van der Waals surface area contributed by atoms with Crippen molar-refractivity contribution in [2.24, 2.45) is 0 Å². The average Bonchev–Trinajstić information content (AvgIpc) is 3.28. The molecule has 7 nitrogen and oxygen atoms in total. The van der Waals surface area contributed by atoms with Crippen molar-refractivity contribution in [2.75, 3.05) is 32.3 Å². The van der Waals surface area contributed by atoms with Gasteiger partial charge in [-0.25, -0.2) is 8.42 Å². The van der Waals surface area contributed by atoms with E-state index in [1.165, 1.54) is 30.1 Å². The monoisotopic (exact) mass is 564 g/mol. The molecule has 0 amide bonds. The lowest BCUT2D eigenvalue weighted by Gasteiger charge is -2.28. The van der Waals surface area contributed by atoms with Crippen LogP contribution in [0.4, 0.5) is 0 Å². The van der Waals surface area contributed by atoms with Gasteiger partial charge in [0.15, 0.2) is 0 Å². The molecule has 0 bridgehead atoms. The van der Waals surface area contributed by atoms with E-state index in [1.54, 1.807) is 0 Å². The molecule has 3 aromatic rings. The van der Waals surface area contributed by atoms with Crippen molar-refractivity contribution in [2.45, 2.75) is 52.1 Å². The highest BCUT2D eigenvalue weighted by molar-refractivity contribution is 7.90. The fraction of sp³-hybridized carbons (Fsp3) is 0.406. The van der Waals surface area contributed by atoms with Gasteiger partial charge in [-0.15, -0.1) is 0 Å². The number of benzene rings is 3. The van der Waals surface area contributed by atoms with Crippen LogP contribution >= 0.6 is 0 Å². The van der Waals surface area contributed by atoms with Gasteiger partial charge in [-0.1, -0.05) is 18.2 Å². The Kier molecular flexibility index (Phi) is 8.08. The molecule has 0 saturated carbocycles. The second kappa shape index (κ2) is 11.5. The minimum Gasteiger partial charge on any atom is -0.493 e. The SMILES string of the molecule is COC(=O)CC1COc2cc(OCc3cc(-c4c(C)cc(OCCCS(C)(=O)=O)c5c4CC5)ccc3C)ccc21. The van der Waals surface area contributed by atoms with Gasteiger partial charge < -0.3 is 18.9 Å². The Morgan fingerprint density at radius 1 is 1.00 bits per heavy atom. The number of hydrogen-bond donors (Lipinski definition) is 0. The first kappa shape index (κ1) is 28.0. The standard InChI is InChI=1S/C32H36O7S/c1-20-6-7-22(32-21(2)14-29(27-10-11-28(27)32)37-12-5-13-40(4,34)35)15-23(20)18-38-25-8-9-26-24(16-31(33)36-3)19-39-30(26)17-25/h6-9,14-15,17,24H,5,10-13,16,18-19H2,1-4H3. The average molecular weight is 565 g/mol. The van der Waals surface area contributed by atoms with Gasteiger partial charge in [0.2, 0.25) is 0 Å². The van der Waals surface area contributed by atoms with E-state index < -0.39 is 9.84 Å². The molecule has 0 N–H and O–H groups in total. The van der Waals surface area contributed by atoms with Crippen LogP contribution in [-0.2, 0) is 38.8 Å². The molecule has 0 saturated heterocycles. The van der Waals surface area contributed by atoms with Crippen molar-refractivity contribution in [1.82, 2.24) is 0 Å². The first-order valence-corrected chi connectivity index (χ1v) is 15.7. The third-order valence-corrected chi connectivity index (χ3v) is 8.82. The molecule has 1 unspecified atom stereocenters. The molecule has 0 spiro atoms.